The Balaban J connectivity index is 2.59. The first-order valence-corrected chi connectivity index (χ1v) is 8.89. The fraction of sp³-hybridized carbons (Fsp3) is 0. The van der Waals surface area contributed by atoms with Crippen molar-refractivity contribution in [3.8, 4) is 6.07 Å². The van der Waals surface area contributed by atoms with Gasteiger partial charge in [-0.25, -0.2) is 8.42 Å². The zero-order valence-corrected chi connectivity index (χ0v) is 14.6. The molecular formula is C15H9Br2NO2S. The highest BCUT2D eigenvalue weighted by Gasteiger charge is 2.23. The number of rotatable bonds is 3. The molecule has 0 aliphatic rings. The summed E-state index contributed by atoms with van der Waals surface area (Å²) in [6.45, 7) is 0. The molecule has 6 heteroatoms. The molecule has 0 saturated heterocycles. The van der Waals surface area contributed by atoms with Crippen LogP contribution < -0.4 is 0 Å². The van der Waals surface area contributed by atoms with E-state index in [1.807, 2.05) is 6.07 Å². The molecule has 0 radical (unpaired) electrons. The molecule has 0 spiro atoms. The van der Waals surface area contributed by atoms with E-state index in [1.165, 1.54) is 12.1 Å². The zero-order valence-electron chi connectivity index (χ0n) is 10.6. The molecule has 2 aromatic rings. The van der Waals surface area contributed by atoms with Gasteiger partial charge in [-0.2, -0.15) is 5.26 Å². The summed E-state index contributed by atoms with van der Waals surface area (Å²) in [7, 11) is -3.88. The van der Waals surface area contributed by atoms with E-state index in [0.717, 1.165) is 0 Å². The van der Waals surface area contributed by atoms with Crippen LogP contribution in [0.1, 0.15) is 5.56 Å². The van der Waals surface area contributed by atoms with Gasteiger partial charge in [0.15, 0.2) is 0 Å². The summed E-state index contributed by atoms with van der Waals surface area (Å²) in [5.74, 6) is 0. The summed E-state index contributed by atoms with van der Waals surface area (Å²) >= 11 is 6.45. The van der Waals surface area contributed by atoms with E-state index in [9.17, 15) is 13.7 Å². The van der Waals surface area contributed by atoms with Gasteiger partial charge in [-0.3, -0.25) is 0 Å². The van der Waals surface area contributed by atoms with E-state index in [2.05, 4.69) is 31.9 Å². The van der Waals surface area contributed by atoms with Gasteiger partial charge in [0.25, 0.3) is 0 Å². The minimum absolute atomic E-state index is 0.0561. The Bertz CT molecular complexity index is 838. The van der Waals surface area contributed by atoms with Gasteiger partial charge in [0.2, 0.25) is 9.84 Å². The van der Waals surface area contributed by atoms with Gasteiger partial charge in [0.1, 0.15) is 11.0 Å². The summed E-state index contributed by atoms with van der Waals surface area (Å²) in [6, 6.07) is 15.4. The van der Waals surface area contributed by atoms with Crippen LogP contribution in [0.25, 0.3) is 6.08 Å². The monoisotopic (exact) mass is 425 g/mol. The van der Waals surface area contributed by atoms with Gasteiger partial charge >= 0.3 is 0 Å². The SMILES string of the molecule is N#CC(=Cc1ccccc1)S(=O)(=O)c1cc(Br)ccc1Br. The smallest absolute Gasteiger partial charge is 0.217 e. The molecule has 2 aromatic carbocycles. The summed E-state index contributed by atoms with van der Waals surface area (Å²) in [4.78, 5) is -0.242. The van der Waals surface area contributed by atoms with Crippen molar-refractivity contribution < 1.29 is 8.42 Å². The standard InChI is InChI=1S/C15H9Br2NO2S/c16-12-6-7-14(17)15(9-12)21(19,20)13(10-18)8-11-4-2-1-3-5-11/h1-9H. The van der Waals surface area contributed by atoms with Crippen LogP contribution in [0.2, 0.25) is 0 Å². The second-order valence-electron chi connectivity index (χ2n) is 4.11. The molecule has 0 saturated carbocycles. The Kier molecular flexibility index (Phi) is 4.99. The maximum atomic E-state index is 12.6. The number of sulfone groups is 1. The zero-order chi connectivity index (χ0) is 15.5. The van der Waals surface area contributed by atoms with Crippen molar-refractivity contribution in [2.45, 2.75) is 4.90 Å². The predicted octanol–water partition coefficient (Wildman–Crippen LogP) is 4.55. The van der Waals surface area contributed by atoms with Gasteiger partial charge in [-0.1, -0.05) is 46.3 Å². The fourth-order valence-electron chi connectivity index (χ4n) is 1.67. The first-order chi connectivity index (χ1) is 9.95. The van der Waals surface area contributed by atoms with Crippen LogP contribution in [0.3, 0.4) is 0 Å². The number of nitriles is 1. The minimum Gasteiger partial charge on any atom is -0.218 e. The third-order valence-electron chi connectivity index (χ3n) is 2.68. The Hall–Kier alpha value is -1.42. The summed E-state index contributed by atoms with van der Waals surface area (Å²) in [6.07, 6.45) is 1.36. The van der Waals surface area contributed by atoms with Crippen LogP contribution >= 0.6 is 31.9 Å². The van der Waals surface area contributed by atoms with Gasteiger partial charge in [-0.15, -0.1) is 0 Å². The van der Waals surface area contributed by atoms with Gasteiger partial charge in [0.05, 0.1) is 4.90 Å². The third kappa shape index (κ3) is 3.62. The first kappa shape index (κ1) is 16.0. The van der Waals surface area contributed by atoms with Crippen molar-refractivity contribution in [2.24, 2.45) is 0 Å². The summed E-state index contributed by atoms with van der Waals surface area (Å²) in [5.41, 5.74) is 0.656. The van der Waals surface area contributed by atoms with Crippen molar-refractivity contribution >= 4 is 47.8 Å². The molecule has 0 amide bonds. The van der Waals surface area contributed by atoms with E-state index in [-0.39, 0.29) is 9.80 Å². The average molecular weight is 427 g/mol. The molecule has 0 bridgehead atoms. The van der Waals surface area contributed by atoms with E-state index < -0.39 is 9.84 Å². The Morgan fingerprint density at radius 3 is 2.38 bits per heavy atom. The van der Waals surface area contributed by atoms with Gasteiger partial charge in [-0.05, 0) is 45.8 Å². The number of hydrogen-bond acceptors (Lipinski definition) is 3. The molecule has 0 aliphatic carbocycles. The van der Waals surface area contributed by atoms with Crippen LogP contribution in [0.4, 0.5) is 0 Å². The van der Waals surface area contributed by atoms with Crippen molar-refractivity contribution in [3.63, 3.8) is 0 Å². The molecule has 0 aromatic heterocycles. The lowest BCUT2D eigenvalue weighted by Gasteiger charge is -2.06. The van der Waals surface area contributed by atoms with Crippen LogP contribution in [0.5, 0.6) is 0 Å². The lowest BCUT2D eigenvalue weighted by atomic mass is 10.2. The van der Waals surface area contributed by atoms with E-state index >= 15 is 0 Å². The van der Waals surface area contributed by atoms with Crippen LogP contribution in [0.15, 0.2) is 67.3 Å². The Morgan fingerprint density at radius 1 is 1.10 bits per heavy atom. The Morgan fingerprint density at radius 2 is 1.76 bits per heavy atom. The van der Waals surface area contributed by atoms with E-state index in [1.54, 1.807) is 42.5 Å². The quantitative estimate of drug-likeness (QED) is 0.676. The van der Waals surface area contributed by atoms with Crippen molar-refractivity contribution in [3.05, 3.63) is 67.9 Å². The molecule has 0 fully saturated rings. The van der Waals surface area contributed by atoms with Gasteiger partial charge in [0, 0.05) is 8.95 Å². The molecule has 0 heterocycles. The lowest BCUT2D eigenvalue weighted by Crippen LogP contribution is -2.04. The molecule has 0 N–H and O–H groups in total. The molecule has 21 heavy (non-hydrogen) atoms. The maximum Gasteiger partial charge on any atom is 0.217 e. The molecule has 2 rings (SSSR count). The lowest BCUT2D eigenvalue weighted by molar-refractivity contribution is 0.603. The maximum absolute atomic E-state index is 12.6. The van der Waals surface area contributed by atoms with Crippen molar-refractivity contribution in [2.75, 3.05) is 0 Å². The minimum atomic E-state index is -3.88. The highest BCUT2D eigenvalue weighted by molar-refractivity contribution is 9.11. The number of allylic oxidation sites excluding steroid dienone is 1. The number of nitrogens with zero attached hydrogens (tertiary/aromatic N) is 1. The van der Waals surface area contributed by atoms with Gasteiger partial charge < -0.3 is 0 Å². The number of benzene rings is 2. The molecular weight excluding hydrogens is 418 g/mol. The third-order valence-corrected chi connectivity index (χ3v) is 5.83. The van der Waals surface area contributed by atoms with E-state index in [0.29, 0.717) is 14.5 Å². The second kappa shape index (κ2) is 6.56. The normalized spacial score (nSPS) is 12.0. The van der Waals surface area contributed by atoms with Crippen LogP contribution in [-0.2, 0) is 9.84 Å². The topological polar surface area (TPSA) is 57.9 Å². The fourth-order valence-corrected chi connectivity index (χ4v) is 4.33. The van der Waals surface area contributed by atoms with E-state index in [4.69, 9.17) is 0 Å². The average Bonchev–Trinajstić information content (AvgIpc) is 2.48. The molecule has 3 nitrogen and oxygen atoms in total. The largest absolute Gasteiger partial charge is 0.218 e. The first-order valence-electron chi connectivity index (χ1n) is 5.82. The van der Waals surface area contributed by atoms with Crippen molar-refractivity contribution in [1.82, 2.24) is 0 Å². The van der Waals surface area contributed by atoms with Crippen LogP contribution in [-0.4, -0.2) is 8.42 Å². The Labute approximate surface area is 140 Å². The highest BCUT2D eigenvalue weighted by atomic mass is 79.9. The van der Waals surface area contributed by atoms with Crippen molar-refractivity contribution in [1.29, 1.82) is 5.26 Å². The molecule has 106 valence electrons. The number of hydrogen-bond donors (Lipinski definition) is 0. The summed E-state index contributed by atoms with van der Waals surface area (Å²) in [5, 5.41) is 9.22. The van der Waals surface area contributed by atoms with Crippen LogP contribution in [0, 0.1) is 11.3 Å². The second-order valence-corrected chi connectivity index (χ2v) is 7.77. The molecule has 0 aliphatic heterocycles. The highest BCUT2D eigenvalue weighted by Crippen LogP contribution is 2.30. The predicted molar refractivity (Wildman–Crippen MR) is 89.1 cm³/mol. The summed E-state index contributed by atoms with van der Waals surface area (Å²) < 4.78 is 26.2. The number of halogens is 2. The molecule has 0 unspecified atom stereocenters. The molecule has 0 atom stereocenters.